The molecule has 0 fully saturated rings. The second-order valence-corrected chi connectivity index (χ2v) is 4.57. The third kappa shape index (κ3) is 2.02. The summed E-state index contributed by atoms with van der Waals surface area (Å²) in [5.74, 6) is 0.362. The number of hydrogen-bond acceptors (Lipinski definition) is 2. The van der Waals surface area contributed by atoms with E-state index >= 15 is 0 Å². The summed E-state index contributed by atoms with van der Waals surface area (Å²) in [5, 5.41) is 3.80. The van der Waals surface area contributed by atoms with Gasteiger partial charge in [0, 0.05) is 0 Å². The van der Waals surface area contributed by atoms with Crippen LogP contribution < -0.4 is 10.1 Å². The average molecular weight is 264 g/mol. The van der Waals surface area contributed by atoms with Crippen molar-refractivity contribution >= 4 is 17.3 Å². The average Bonchev–Trinajstić information content (AvgIpc) is 2.39. The van der Waals surface area contributed by atoms with Gasteiger partial charge in [-0.1, -0.05) is 29.8 Å². The molecule has 0 amide bonds. The highest BCUT2D eigenvalue weighted by Gasteiger charge is 2.22. The molecule has 1 aliphatic rings. The standard InChI is InChI=1S/C14H11ClFNO/c15-11-5-2-6-12-14(11)18-13(8-17-12)9-3-1-4-10(16)7-9/h1-7,13,17H,8H2. The molecule has 1 heterocycles. The predicted octanol–water partition coefficient (Wildman–Crippen LogP) is 4.02. The van der Waals surface area contributed by atoms with Gasteiger partial charge in [0.1, 0.15) is 11.9 Å². The van der Waals surface area contributed by atoms with Gasteiger partial charge in [-0.05, 0) is 29.8 Å². The maximum Gasteiger partial charge on any atom is 0.161 e. The van der Waals surface area contributed by atoms with Crippen LogP contribution in [0.2, 0.25) is 5.02 Å². The molecule has 2 nitrogen and oxygen atoms in total. The quantitative estimate of drug-likeness (QED) is 0.839. The van der Waals surface area contributed by atoms with E-state index in [2.05, 4.69) is 5.32 Å². The largest absolute Gasteiger partial charge is 0.480 e. The molecular formula is C14H11ClFNO. The topological polar surface area (TPSA) is 21.3 Å². The maximum absolute atomic E-state index is 13.2. The number of ether oxygens (including phenoxy) is 1. The van der Waals surface area contributed by atoms with Crippen molar-refractivity contribution in [3.63, 3.8) is 0 Å². The van der Waals surface area contributed by atoms with Crippen molar-refractivity contribution in [1.29, 1.82) is 0 Å². The van der Waals surface area contributed by atoms with Gasteiger partial charge in [-0.15, -0.1) is 0 Å². The Morgan fingerprint density at radius 3 is 2.89 bits per heavy atom. The molecule has 1 atom stereocenters. The summed E-state index contributed by atoms with van der Waals surface area (Å²) in [5.41, 5.74) is 1.67. The number of para-hydroxylation sites is 1. The van der Waals surface area contributed by atoms with Gasteiger partial charge in [0.05, 0.1) is 17.3 Å². The van der Waals surface area contributed by atoms with Crippen LogP contribution in [0.15, 0.2) is 42.5 Å². The summed E-state index contributed by atoms with van der Waals surface area (Å²) in [6.07, 6.45) is -0.229. The summed E-state index contributed by atoms with van der Waals surface area (Å²) in [7, 11) is 0. The van der Waals surface area contributed by atoms with E-state index in [0.29, 0.717) is 17.3 Å². The van der Waals surface area contributed by atoms with Crippen molar-refractivity contribution < 1.29 is 9.13 Å². The zero-order valence-electron chi connectivity index (χ0n) is 9.49. The molecule has 2 aromatic rings. The Morgan fingerprint density at radius 2 is 2.06 bits per heavy atom. The number of nitrogens with one attached hydrogen (secondary N) is 1. The first-order valence-electron chi connectivity index (χ1n) is 5.68. The Bertz CT molecular complexity index is 588. The molecule has 18 heavy (non-hydrogen) atoms. The number of anilines is 1. The molecule has 3 rings (SSSR count). The lowest BCUT2D eigenvalue weighted by Crippen LogP contribution is -2.23. The number of hydrogen-bond donors (Lipinski definition) is 1. The molecule has 0 aromatic heterocycles. The summed E-state index contributed by atoms with van der Waals surface area (Å²) in [6, 6.07) is 12.0. The maximum atomic E-state index is 13.2. The number of benzene rings is 2. The lowest BCUT2D eigenvalue weighted by molar-refractivity contribution is 0.210. The summed E-state index contributed by atoms with van der Waals surface area (Å²) >= 11 is 6.09. The van der Waals surface area contributed by atoms with E-state index in [-0.39, 0.29) is 11.9 Å². The van der Waals surface area contributed by atoms with E-state index in [1.165, 1.54) is 12.1 Å². The van der Waals surface area contributed by atoms with Crippen molar-refractivity contribution in [3.05, 3.63) is 58.9 Å². The molecule has 0 aliphatic carbocycles. The van der Waals surface area contributed by atoms with Crippen LogP contribution in [0.5, 0.6) is 5.75 Å². The molecule has 0 spiro atoms. The fourth-order valence-electron chi connectivity index (χ4n) is 2.05. The third-order valence-corrected chi connectivity index (χ3v) is 3.22. The van der Waals surface area contributed by atoms with Crippen LogP contribution in [-0.4, -0.2) is 6.54 Å². The van der Waals surface area contributed by atoms with Gasteiger partial charge in [0.15, 0.2) is 5.75 Å². The third-order valence-electron chi connectivity index (χ3n) is 2.93. The summed E-state index contributed by atoms with van der Waals surface area (Å²) in [6.45, 7) is 0.594. The van der Waals surface area contributed by atoms with Gasteiger partial charge >= 0.3 is 0 Å². The van der Waals surface area contributed by atoms with Crippen LogP contribution in [0.4, 0.5) is 10.1 Å². The molecule has 0 bridgehead atoms. The van der Waals surface area contributed by atoms with E-state index in [1.54, 1.807) is 12.1 Å². The van der Waals surface area contributed by atoms with Crippen molar-refractivity contribution in [3.8, 4) is 5.75 Å². The van der Waals surface area contributed by atoms with E-state index in [1.807, 2.05) is 18.2 Å². The Morgan fingerprint density at radius 1 is 1.22 bits per heavy atom. The van der Waals surface area contributed by atoms with Gasteiger partial charge in [-0.3, -0.25) is 0 Å². The lowest BCUT2D eigenvalue weighted by atomic mass is 10.1. The minimum Gasteiger partial charge on any atom is -0.480 e. The van der Waals surface area contributed by atoms with Crippen LogP contribution in [0.25, 0.3) is 0 Å². The SMILES string of the molecule is Fc1cccc(C2CNc3cccc(Cl)c3O2)c1. The van der Waals surface area contributed by atoms with E-state index in [9.17, 15) is 4.39 Å². The van der Waals surface area contributed by atoms with E-state index in [0.717, 1.165) is 11.3 Å². The Labute approximate surface area is 109 Å². The van der Waals surface area contributed by atoms with Gasteiger partial charge in [0.25, 0.3) is 0 Å². The number of halogens is 2. The normalized spacial score (nSPS) is 17.6. The molecule has 4 heteroatoms. The van der Waals surface area contributed by atoms with Gasteiger partial charge < -0.3 is 10.1 Å². The summed E-state index contributed by atoms with van der Waals surface area (Å²) < 4.78 is 19.0. The minimum absolute atomic E-state index is 0.229. The van der Waals surface area contributed by atoms with Crippen molar-refractivity contribution in [2.24, 2.45) is 0 Å². The predicted molar refractivity (Wildman–Crippen MR) is 69.7 cm³/mol. The van der Waals surface area contributed by atoms with Gasteiger partial charge in [-0.2, -0.15) is 0 Å². The highest BCUT2D eigenvalue weighted by molar-refractivity contribution is 6.32. The molecule has 0 saturated carbocycles. The first-order valence-corrected chi connectivity index (χ1v) is 6.06. The molecule has 92 valence electrons. The highest BCUT2D eigenvalue weighted by Crippen LogP contribution is 2.39. The van der Waals surface area contributed by atoms with Gasteiger partial charge in [0.2, 0.25) is 0 Å². The van der Waals surface area contributed by atoms with Crippen LogP contribution in [0.1, 0.15) is 11.7 Å². The second kappa shape index (κ2) is 4.50. The second-order valence-electron chi connectivity index (χ2n) is 4.16. The molecular weight excluding hydrogens is 253 g/mol. The van der Waals surface area contributed by atoms with Crippen LogP contribution in [0.3, 0.4) is 0 Å². The molecule has 0 radical (unpaired) electrons. The zero-order valence-corrected chi connectivity index (χ0v) is 10.2. The van der Waals surface area contributed by atoms with Crippen LogP contribution >= 0.6 is 11.6 Å². The first kappa shape index (κ1) is 11.4. The Balaban J connectivity index is 1.93. The molecule has 1 aliphatic heterocycles. The molecule has 2 aromatic carbocycles. The van der Waals surface area contributed by atoms with Crippen LogP contribution in [0, 0.1) is 5.82 Å². The number of rotatable bonds is 1. The fraction of sp³-hybridized carbons (Fsp3) is 0.143. The zero-order chi connectivity index (χ0) is 12.5. The van der Waals surface area contributed by atoms with E-state index < -0.39 is 0 Å². The summed E-state index contributed by atoms with van der Waals surface area (Å²) in [4.78, 5) is 0. The van der Waals surface area contributed by atoms with Gasteiger partial charge in [-0.25, -0.2) is 4.39 Å². The smallest absolute Gasteiger partial charge is 0.161 e. The van der Waals surface area contributed by atoms with Crippen molar-refractivity contribution in [1.82, 2.24) is 0 Å². The van der Waals surface area contributed by atoms with Crippen molar-refractivity contribution in [2.45, 2.75) is 6.10 Å². The lowest BCUT2D eigenvalue weighted by Gasteiger charge is -2.28. The first-order chi connectivity index (χ1) is 8.74. The molecule has 0 saturated heterocycles. The monoisotopic (exact) mass is 263 g/mol. The van der Waals surface area contributed by atoms with Crippen LogP contribution in [-0.2, 0) is 0 Å². The molecule has 1 N–H and O–H groups in total. The van der Waals surface area contributed by atoms with E-state index in [4.69, 9.17) is 16.3 Å². The Kier molecular flexibility index (Phi) is 2.84. The minimum atomic E-state index is -0.263. The molecule has 1 unspecified atom stereocenters. The fourth-order valence-corrected chi connectivity index (χ4v) is 2.27. The number of fused-ring (bicyclic) bond motifs is 1. The Hall–Kier alpha value is -1.74. The van der Waals surface area contributed by atoms with Crippen molar-refractivity contribution in [2.75, 3.05) is 11.9 Å². The highest BCUT2D eigenvalue weighted by atomic mass is 35.5.